The van der Waals surface area contributed by atoms with E-state index in [1.807, 2.05) is 6.08 Å². The Hall–Kier alpha value is -4.67. The van der Waals surface area contributed by atoms with Crippen molar-refractivity contribution >= 4 is 44.5 Å². The Morgan fingerprint density at radius 2 is 1.89 bits per heavy atom. The van der Waals surface area contributed by atoms with Crippen LogP contribution in [0.15, 0.2) is 59.0 Å². The van der Waals surface area contributed by atoms with E-state index in [4.69, 9.17) is 9.15 Å². The highest BCUT2D eigenvalue weighted by atomic mass is 32.2. The van der Waals surface area contributed by atoms with Gasteiger partial charge in [0.25, 0.3) is 5.91 Å². The summed E-state index contributed by atoms with van der Waals surface area (Å²) in [6.45, 7) is 1.37. The molecule has 2 aliphatic heterocycles. The van der Waals surface area contributed by atoms with Crippen LogP contribution in [0.3, 0.4) is 0 Å². The number of sulfonamides is 1. The van der Waals surface area contributed by atoms with Crippen LogP contribution in [0.1, 0.15) is 70.3 Å². The minimum atomic E-state index is -4.84. The van der Waals surface area contributed by atoms with E-state index in [1.165, 1.54) is 11.8 Å². The van der Waals surface area contributed by atoms with Crippen molar-refractivity contribution in [1.29, 1.82) is 0 Å². The number of nitrogens with zero attached hydrogens (tertiary/aromatic N) is 2. The zero-order valence-corrected chi connectivity index (χ0v) is 29.6. The van der Waals surface area contributed by atoms with Crippen molar-refractivity contribution in [2.45, 2.75) is 99.4 Å². The Labute approximate surface area is 302 Å². The SMILES string of the molecule is CC1(S(=O)(=O)NC(=O)[C@@]23C[C@@H]2/C=C\CCCCC[C@H](Nc2cc(F)cc(C(F)(F)F)c2)C(=O)N2C[C@H](Oc4nc5ccccc5o4)C[C@H]2C(=O)N3)CC1. The summed E-state index contributed by atoms with van der Waals surface area (Å²) >= 11 is 0. The maximum Gasteiger partial charge on any atom is 0.416 e. The number of rotatable bonds is 7. The summed E-state index contributed by atoms with van der Waals surface area (Å²) in [5.74, 6) is -3.94. The first-order valence-electron chi connectivity index (χ1n) is 17.6. The van der Waals surface area contributed by atoms with Crippen molar-refractivity contribution in [2.75, 3.05) is 11.9 Å². The van der Waals surface area contributed by atoms with Gasteiger partial charge in [0.15, 0.2) is 5.58 Å². The third-order valence-corrected chi connectivity index (χ3v) is 12.7. The second-order valence-electron chi connectivity index (χ2n) is 14.6. The molecule has 3 aromatic rings. The van der Waals surface area contributed by atoms with Gasteiger partial charge in [0.05, 0.1) is 16.9 Å². The number of nitrogens with one attached hydrogen (secondary N) is 3. The lowest BCUT2D eigenvalue weighted by Crippen LogP contribution is -2.58. The van der Waals surface area contributed by atoms with E-state index in [1.54, 1.807) is 30.3 Å². The third kappa shape index (κ3) is 7.57. The van der Waals surface area contributed by atoms with Crippen LogP contribution >= 0.6 is 0 Å². The average Bonchev–Trinajstić information content (AvgIpc) is 3.90. The summed E-state index contributed by atoms with van der Waals surface area (Å²) < 4.78 is 94.1. The third-order valence-electron chi connectivity index (χ3n) is 10.6. The van der Waals surface area contributed by atoms with Gasteiger partial charge in [-0.25, -0.2) is 12.8 Å². The number of carbonyl (C=O) groups is 3. The molecule has 1 saturated heterocycles. The highest BCUT2D eigenvalue weighted by molar-refractivity contribution is 7.91. The van der Waals surface area contributed by atoms with Crippen molar-refractivity contribution in [3.05, 3.63) is 66.0 Å². The quantitative estimate of drug-likeness (QED) is 0.217. The number of benzene rings is 2. The summed E-state index contributed by atoms with van der Waals surface area (Å²) in [6.07, 6.45) is 1.18. The van der Waals surface area contributed by atoms with E-state index < -0.39 is 79.7 Å². The van der Waals surface area contributed by atoms with E-state index >= 15 is 0 Å². The van der Waals surface area contributed by atoms with Gasteiger partial charge in [0, 0.05) is 18.0 Å². The number of carbonyl (C=O) groups excluding carboxylic acids is 3. The fourth-order valence-electron chi connectivity index (χ4n) is 7.03. The number of fused-ring (bicyclic) bond motifs is 3. The number of amides is 3. The molecule has 17 heteroatoms. The first-order valence-corrected chi connectivity index (χ1v) is 19.1. The summed E-state index contributed by atoms with van der Waals surface area (Å²) in [4.78, 5) is 48.0. The van der Waals surface area contributed by atoms with Crippen LogP contribution in [0.2, 0.25) is 0 Å². The van der Waals surface area contributed by atoms with Gasteiger partial charge >= 0.3 is 12.3 Å². The van der Waals surface area contributed by atoms with E-state index in [9.17, 15) is 40.4 Å². The average molecular weight is 762 g/mol. The zero-order valence-electron chi connectivity index (χ0n) is 28.7. The van der Waals surface area contributed by atoms with Gasteiger partial charge in [-0.05, 0) is 75.8 Å². The molecule has 0 bridgehead atoms. The second kappa shape index (κ2) is 13.6. The van der Waals surface area contributed by atoms with Crippen LogP contribution in [0.5, 0.6) is 6.08 Å². The van der Waals surface area contributed by atoms with E-state index in [-0.39, 0.29) is 37.6 Å². The first kappa shape index (κ1) is 36.7. The molecule has 2 aromatic carbocycles. The number of hydrogen-bond acceptors (Lipinski definition) is 9. The lowest BCUT2D eigenvalue weighted by atomic mass is 10.0. The number of anilines is 1. The maximum atomic E-state index is 14.4. The number of allylic oxidation sites excluding steroid dienone is 1. The standard InChI is InChI=1S/C36H39F4N5O7S/c1-34(13-14-34)53(49,50)44-32(48)35-19-21(35)9-5-3-2-4-6-11-27(41-24-16-22(36(38,39)40)15-23(37)17-24)31(47)45-20-25(18-28(45)30(46)43-35)51-33-42-26-10-7-8-12-29(26)52-33/h5,7-10,12,15-17,21,25,27-28,41H,2-4,6,11,13-14,18-20H2,1H3,(H,43,46)(H,44,48)/b9-5-/t21-,25+,27-,28-,35+/m0/s1. The van der Waals surface area contributed by atoms with Crippen LogP contribution in [-0.4, -0.2) is 71.0 Å². The molecule has 3 N–H and O–H groups in total. The Morgan fingerprint density at radius 3 is 2.62 bits per heavy atom. The minimum Gasteiger partial charge on any atom is -0.445 e. The first-order chi connectivity index (χ1) is 25.1. The Morgan fingerprint density at radius 1 is 1.11 bits per heavy atom. The van der Waals surface area contributed by atoms with Gasteiger partial charge in [-0.3, -0.25) is 19.1 Å². The van der Waals surface area contributed by atoms with Crippen molar-refractivity contribution in [3.63, 3.8) is 0 Å². The van der Waals surface area contributed by atoms with Crippen LogP contribution in [0.4, 0.5) is 23.2 Å². The molecule has 284 valence electrons. The lowest BCUT2D eigenvalue weighted by Gasteiger charge is -2.30. The zero-order chi connectivity index (χ0) is 37.8. The summed E-state index contributed by atoms with van der Waals surface area (Å²) in [5.41, 5.74) is -2.15. The van der Waals surface area contributed by atoms with Gasteiger partial charge in [0.2, 0.25) is 21.8 Å². The van der Waals surface area contributed by atoms with Crippen molar-refractivity contribution < 1.29 is 49.5 Å². The number of oxazole rings is 1. The lowest BCUT2D eigenvalue weighted by molar-refractivity contribution is -0.140. The van der Waals surface area contributed by atoms with Crippen LogP contribution in [0.25, 0.3) is 11.1 Å². The molecular formula is C36H39F4N5O7S. The van der Waals surface area contributed by atoms with Crippen LogP contribution in [-0.2, 0) is 30.6 Å². The van der Waals surface area contributed by atoms with E-state index in [0.717, 1.165) is 12.1 Å². The molecule has 0 spiro atoms. The Balaban J connectivity index is 1.20. The molecule has 12 nitrogen and oxygen atoms in total. The van der Waals surface area contributed by atoms with E-state index in [0.29, 0.717) is 55.7 Å². The molecule has 0 unspecified atom stereocenters. The van der Waals surface area contributed by atoms with Gasteiger partial charge in [-0.1, -0.05) is 37.1 Å². The smallest absolute Gasteiger partial charge is 0.416 e. The molecular weight excluding hydrogens is 722 g/mol. The second-order valence-corrected chi connectivity index (χ2v) is 16.8. The predicted molar refractivity (Wildman–Crippen MR) is 183 cm³/mol. The molecule has 2 aliphatic carbocycles. The van der Waals surface area contributed by atoms with Crippen LogP contribution < -0.4 is 20.1 Å². The molecule has 1 aromatic heterocycles. The molecule has 7 rings (SSSR count). The van der Waals surface area contributed by atoms with Crippen LogP contribution in [0, 0.1) is 11.7 Å². The van der Waals surface area contributed by atoms with Crippen molar-refractivity contribution in [1.82, 2.24) is 19.9 Å². The topological polar surface area (TPSA) is 160 Å². The van der Waals surface area contributed by atoms with Gasteiger partial charge < -0.3 is 24.7 Å². The monoisotopic (exact) mass is 761 g/mol. The predicted octanol–water partition coefficient (Wildman–Crippen LogP) is 5.21. The highest BCUT2D eigenvalue weighted by Crippen LogP contribution is 2.47. The summed E-state index contributed by atoms with van der Waals surface area (Å²) in [7, 11) is -4.05. The fraction of sp³-hybridized carbons (Fsp3) is 0.500. The largest absolute Gasteiger partial charge is 0.445 e. The number of aromatic nitrogens is 1. The Bertz CT molecular complexity index is 2030. The van der Waals surface area contributed by atoms with Gasteiger partial charge in [0.1, 0.15) is 35.1 Å². The Kier molecular flexibility index (Phi) is 9.43. The fourth-order valence-corrected chi connectivity index (χ4v) is 8.34. The molecule has 0 radical (unpaired) electrons. The normalized spacial score (nSPS) is 28.1. The van der Waals surface area contributed by atoms with E-state index in [2.05, 4.69) is 20.3 Å². The molecule has 2 saturated carbocycles. The number of alkyl halides is 3. The number of hydrogen-bond donors (Lipinski definition) is 3. The molecule has 3 heterocycles. The van der Waals surface area contributed by atoms with Crippen molar-refractivity contribution in [2.24, 2.45) is 5.92 Å². The number of para-hydroxylation sites is 2. The van der Waals surface area contributed by atoms with Crippen molar-refractivity contribution in [3.8, 4) is 6.08 Å². The highest BCUT2D eigenvalue weighted by Gasteiger charge is 2.63. The van der Waals surface area contributed by atoms with Gasteiger partial charge in [-0.2, -0.15) is 18.2 Å². The number of ether oxygens (including phenoxy) is 1. The molecule has 3 amide bonds. The minimum absolute atomic E-state index is 0.0875. The molecule has 4 aliphatic rings. The molecule has 53 heavy (non-hydrogen) atoms. The van der Waals surface area contributed by atoms with Gasteiger partial charge in [-0.15, -0.1) is 0 Å². The maximum absolute atomic E-state index is 14.4. The molecule has 5 atom stereocenters. The summed E-state index contributed by atoms with van der Waals surface area (Å²) in [6, 6.07) is 6.42. The number of halogens is 4. The molecule has 3 fully saturated rings. The summed E-state index contributed by atoms with van der Waals surface area (Å²) in [5, 5.41) is 5.57.